The third kappa shape index (κ3) is 30.0. The number of para-hydroxylation sites is 4. The molecule has 4 aromatic carbocycles. The molecule has 0 heterocycles. The molecule has 4 aromatic rings. The third-order valence-electron chi connectivity index (χ3n) is 6.55. The number of rotatable bonds is 14. The Labute approximate surface area is 437 Å². The Balaban J connectivity index is -0.000000275. The molecule has 24 heteroatoms. The average molecular weight is 1160 g/mol. The van der Waals surface area contributed by atoms with Gasteiger partial charge in [0.05, 0.1) is 65.8 Å². The molecule has 0 fully saturated rings. The van der Waals surface area contributed by atoms with Gasteiger partial charge in [0.1, 0.15) is 23.0 Å². The van der Waals surface area contributed by atoms with E-state index in [2.05, 4.69) is 44.4 Å². The molecule has 19 nitrogen and oxygen atoms in total. The smallest absolute Gasteiger partial charge is 0.870 e. The van der Waals surface area contributed by atoms with Gasteiger partial charge in [-0.3, -0.25) is 20.0 Å². The predicted octanol–water partition coefficient (Wildman–Crippen LogP) is 4.38. The Morgan fingerprint density at radius 2 is 0.719 bits per heavy atom. The zero-order valence-electron chi connectivity index (χ0n) is 35.2. The van der Waals surface area contributed by atoms with Gasteiger partial charge in [-0.1, -0.05) is 96.0 Å². The molecular weight excluding hydrogens is 1120 g/mol. The number of hydrogen-bond donors (Lipinski definition) is 0. The number of methoxy groups -OCH3 is 4. The summed E-state index contributed by atoms with van der Waals surface area (Å²) in [5, 5.41) is 86.6. The number of thiocarbonyl (C=S) groups is 2. The Hall–Kier alpha value is -5.22. The van der Waals surface area contributed by atoms with Crippen molar-refractivity contribution in [2.75, 3.05) is 54.6 Å². The van der Waals surface area contributed by atoms with Crippen LogP contribution in [0.1, 0.15) is 29.2 Å². The topological polar surface area (TPSA) is 313 Å². The maximum atomic E-state index is 11.9. The van der Waals surface area contributed by atoms with Gasteiger partial charge in [-0.15, -0.1) is 0 Å². The Morgan fingerprint density at radius 1 is 0.562 bits per heavy atom. The van der Waals surface area contributed by atoms with E-state index in [0.717, 1.165) is 0 Å². The molecule has 0 aliphatic carbocycles. The van der Waals surface area contributed by atoms with Crippen LogP contribution < -0.4 is 39.4 Å². The molecule has 0 spiro atoms. The van der Waals surface area contributed by atoms with E-state index in [1.807, 2.05) is 0 Å². The first-order valence-electron chi connectivity index (χ1n) is 16.8. The molecule has 0 unspecified atom stereocenters. The first-order valence-corrected chi connectivity index (χ1v) is 17.6. The summed E-state index contributed by atoms with van der Waals surface area (Å²) in [7, 11) is 5.81. The maximum Gasteiger partial charge on any atom is 3.00 e. The van der Waals surface area contributed by atoms with Crippen LogP contribution in [0.3, 0.4) is 0 Å². The van der Waals surface area contributed by atoms with Crippen molar-refractivity contribution in [2.45, 2.75) is 6.92 Å². The summed E-state index contributed by atoms with van der Waals surface area (Å²) in [6, 6.07) is 21.8. The number of isothiocyanates is 2. The van der Waals surface area contributed by atoms with E-state index >= 15 is 0 Å². The molecule has 0 N–H and O–H groups in total. The van der Waals surface area contributed by atoms with Crippen LogP contribution in [0.25, 0.3) is 10.8 Å². The summed E-state index contributed by atoms with van der Waals surface area (Å²) in [5.41, 5.74) is 1.86. The molecule has 64 heavy (non-hydrogen) atoms. The second kappa shape index (κ2) is 44.4. The van der Waals surface area contributed by atoms with Crippen molar-refractivity contribution in [1.82, 2.24) is 0 Å². The van der Waals surface area contributed by atoms with E-state index in [9.17, 15) is 20.4 Å². The van der Waals surface area contributed by atoms with Gasteiger partial charge < -0.3 is 65.5 Å². The number of aliphatic imine (C=N–C) groups is 4. The summed E-state index contributed by atoms with van der Waals surface area (Å²) >= 11 is 7.40. The van der Waals surface area contributed by atoms with Crippen LogP contribution >= 0.6 is 24.4 Å². The first-order chi connectivity index (χ1) is 29.3. The molecule has 0 aromatic heterocycles. The van der Waals surface area contributed by atoms with E-state index in [1.54, 1.807) is 78.9 Å². The average Bonchev–Trinajstić information content (AvgIpc) is 3.23. The monoisotopic (exact) mass is 1160 g/mol. The zero-order valence-corrected chi connectivity index (χ0v) is 44.9. The predicted molar refractivity (Wildman–Crippen MR) is 233 cm³/mol. The summed E-state index contributed by atoms with van der Waals surface area (Å²) in [5.74, 6) is 0.380. The largest absolute Gasteiger partial charge is 3.00 e. The molecule has 0 radical (unpaired) electrons. The second-order valence-electron chi connectivity index (χ2n) is 10.3. The second-order valence-corrected chi connectivity index (χ2v) is 10.7. The Kier molecular flexibility index (Phi) is 47.1. The van der Waals surface area contributed by atoms with Crippen LogP contribution in [0.2, 0.25) is 0 Å². The van der Waals surface area contributed by atoms with Gasteiger partial charge in [-0.2, -0.15) is 15.6 Å². The number of hydrogen-bond acceptors (Lipinski definition) is 18. The molecule has 0 bridgehead atoms. The van der Waals surface area contributed by atoms with Crippen LogP contribution in [0.4, 0.5) is 0 Å². The maximum absolute atomic E-state index is 11.9. The van der Waals surface area contributed by atoms with Crippen molar-refractivity contribution in [3.05, 3.63) is 121 Å². The normalized spacial score (nSPS) is 9.19. The summed E-state index contributed by atoms with van der Waals surface area (Å²) in [6.07, 6.45) is 6.02. The van der Waals surface area contributed by atoms with E-state index < -0.39 is 5.09 Å². The van der Waals surface area contributed by atoms with E-state index in [4.69, 9.17) is 50.3 Å². The first kappa shape index (κ1) is 67.9. The quantitative estimate of drug-likeness (QED) is 0.0423. The van der Waals surface area contributed by atoms with Crippen LogP contribution in [-0.2, 0) is 39.0 Å². The van der Waals surface area contributed by atoms with Crippen molar-refractivity contribution in [3.8, 4) is 52.1 Å². The number of nitriles is 1. The van der Waals surface area contributed by atoms with Gasteiger partial charge in [-0.05, 0) is 46.5 Å². The number of ether oxygens (including phenoxy) is 4. The van der Waals surface area contributed by atoms with Crippen LogP contribution in [-0.4, -0.2) is 94.9 Å². The molecule has 0 aliphatic heterocycles. The van der Waals surface area contributed by atoms with Gasteiger partial charge in [0.25, 0.3) is 0 Å². The molecule has 0 aliphatic rings. The fourth-order valence-electron chi connectivity index (χ4n) is 4.06. The molecule has 0 saturated heterocycles. The molecule has 0 saturated carbocycles. The van der Waals surface area contributed by atoms with Crippen LogP contribution in [0.5, 0.6) is 46.0 Å². The van der Waals surface area contributed by atoms with Gasteiger partial charge in [0.15, 0.2) is 0 Å². The van der Waals surface area contributed by atoms with Crippen LogP contribution in [0.15, 0.2) is 92.8 Å². The van der Waals surface area contributed by atoms with E-state index in [0.29, 0.717) is 48.4 Å². The minimum atomic E-state index is -1.75. The summed E-state index contributed by atoms with van der Waals surface area (Å²) in [6.45, 7) is 3.06. The van der Waals surface area contributed by atoms with Crippen molar-refractivity contribution >= 4 is 59.6 Å². The molecular formula is C40H39N8O11S2TbZn2. The SMILES string of the molecule is CC#N.COc1cccc(C=NCCN=Cc2cccc(OC)c2[O-])c1[O-].COc1cccc(C=NCCN=Cc2cccc(OC)c2[O-])c1[O-].O=[N+]([O-])[O-].[N-]=C=S.[N-]=C=S.[Tb+3].[Zn+2].[Zn+2]. The molecule has 330 valence electrons. The van der Waals surface area contributed by atoms with Crippen molar-refractivity contribution in [2.24, 2.45) is 20.0 Å². The van der Waals surface area contributed by atoms with Crippen molar-refractivity contribution < 1.29 is 122 Å². The van der Waals surface area contributed by atoms with Crippen LogP contribution in [0, 0.1) is 65.3 Å². The molecule has 0 atom stereocenters. The summed E-state index contributed by atoms with van der Waals surface area (Å²) < 4.78 is 19.9. The fourth-order valence-corrected chi connectivity index (χ4v) is 4.06. The summed E-state index contributed by atoms with van der Waals surface area (Å²) in [4.78, 5) is 24.9. The molecule has 0 amide bonds. The Morgan fingerprint density at radius 3 is 0.859 bits per heavy atom. The van der Waals surface area contributed by atoms with Gasteiger partial charge >= 0.3 is 77.6 Å². The number of benzene rings is 4. The van der Waals surface area contributed by atoms with E-state index in [-0.39, 0.29) is 124 Å². The standard InChI is InChI=1S/2C18H20N2O4.C2H3N.2CNS.NO3.Tb.2Zn/c2*1-23-15-7-3-5-13(17(15)21)11-19-9-10-20-12-14-6-4-8-16(24-2)18(14)22;1-2-3;2*2-1-3;2-1(3)4;;;/h2*3-8,11-12,21-22H,9-10H2,1-2H3;1H3;;;;;;/q;;;3*-1;+3;2*+2/p-4. The van der Waals surface area contributed by atoms with Gasteiger partial charge in [0, 0.05) is 31.8 Å². The van der Waals surface area contributed by atoms with Crippen molar-refractivity contribution in [3.63, 3.8) is 0 Å². The zero-order chi connectivity index (χ0) is 46.4. The molecule has 4 rings (SSSR count). The number of nitrogens with zero attached hydrogens (tertiary/aromatic N) is 8. The minimum absolute atomic E-state index is 0. The third-order valence-corrected chi connectivity index (χ3v) is 6.55. The Bertz CT molecular complexity index is 1900. The van der Waals surface area contributed by atoms with Crippen molar-refractivity contribution in [1.29, 1.82) is 5.26 Å². The van der Waals surface area contributed by atoms with Gasteiger partial charge in [0.2, 0.25) is 0 Å². The van der Waals surface area contributed by atoms with E-state index in [1.165, 1.54) is 70.5 Å². The van der Waals surface area contributed by atoms with Gasteiger partial charge in [-0.25, -0.2) is 0 Å². The fraction of sp³-hybridized carbons (Fsp3) is 0.225. The minimum Gasteiger partial charge on any atom is -0.870 e.